The number of benzene rings is 2. The van der Waals surface area contributed by atoms with Gasteiger partial charge in [0.1, 0.15) is 0 Å². The molecule has 0 radical (unpaired) electrons. The van der Waals surface area contributed by atoms with Gasteiger partial charge in [0.2, 0.25) is 0 Å². The van der Waals surface area contributed by atoms with Crippen molar-refractivity contribution in [1.29, 1.82) is 0 Å². The van der Waals surface area contributed by atoms with Gasteiger partial charge in [-0.25, -0.2) is 4.79 Å². The van der Waals surface area contributed by atoms with Crippen molar-refractivity contribution < 1.29 is 9.90 Å². The molecule has 0 unspecified atom stereocenters. The zero-order valence-electron chi connectivity index (χ0n) is 12.5. The second kappa shape index (κ2) is 5.92. The lowest BCUT2D eigenvalue weighted by Gasteiger charge is -2.18. The van der Waals surface area contributed by atoms with Crippen LogP contribution >= 0.6 is 0 Å². The SMILES string of the molecule is CC(C)(C)c1ccc(C=Nc2ccc(C(=O)O)cc2)cc1. The van der Waals surface area contributed by atoms with Crippen LogP contribution in [0.4, 0.5) is 5.69 Å². The molecule has 0 heterocycles. The van der Waals surface area contributed by atoms with E-state index in [0.29, 0.717) is 0 Å². The third-order valence-corrected chi connectivity index (χ3v) is 3.25. The Kier molecular flexibility index (Phi) is 4.22. The Morgan fingerprint density at radius 3 is 2.05 bits per heavy atom. The number of rotatable bonds is 3. The first-order valence-electron chi connectivity index (χ1n) is 6.84. The first-order chi connectivity index (χ1) is 9.86. The number of carboxylic acid groups (broad SMARTS) is 1. The molecule has 2 aromatic carbocycles. The van der Waals surface area contributed by atoms with E-state index in [1.54, 1.807) is 30.5 Å². The summed E-state index contributed by atoms with van der Waals surface area (Å²) in [6.07, 6.45) is 1.78. The van der Waals surface area contributed by atoms with Crippen molar-refractivity contribution in [2.24, 2.45) is 4.99 Å². The maximum absolute atomic E-state index is 10.8. The van der Waals surface area contributed by atoms with Gasteiger partial charge in [-0.3, -0.25) is 4.99 Å². The van der Waals surface area contributed by atoms with Crippen molar-refractivity contribution in [3.63, 3.8) is 0 Å². The Morgan fingerprint density at radius 2 is 1.57 bits per heavy atom. The van der Waals surface area contributed by atoms with Crippen LogP contribution in [0.3, 0.4) is 0 Å². The van der Waals surface area contributed by atoms with Crippen molar-refractivity contribution in [1.82, 2.24) is 0 Å². The van der Waals surface area contributed by atoms with Crippen LogP contribution in [-0.2, 0) is 5.41 Å². The lowest BCUT2D eigenvalue weighted by Crippen LogP contribution is -2.10. The summed E-state index contributed by atoms with van der Waals surface area (Å²) in [5.41, 5.74) is 3.45. The van der Waals surface area contributed by atoms with Crippen LogP contribution in [0, 0.1) is 0 Å². The van der Waals surface area contributed by atoms with Crippen molar-refractivity contribution in [3.8, 4) is 0 Å². The molecule has 0 aliphatic rings. The predicted octanol–water partition coefficient (Wildman–Crippen LogP) is 4.43. The summed E-state index contributed by atoms with van der Waals surface area (Å²) in [7, 11) is 0. The smallest absolute Gasteiger partial charge is 0.335 e. The Hall–Kier alpha value is -2.42. The average Bonchev–Trinajstić information content (AvgIpc) is 2.45. The molecular weight excluding hydrogens is 262 g/mol. The van der Waals surface area contributed by atoms with E-state index in [2.05, 4.69) is 37.9 Å². The fraction of sp³-hybridized carbons (Fsp3) is 0.222. The van der Waals surface area contributed by atoms with Gasteiger partial charge in [-0.2, -0.15) is 0 Å². The number of carboxylic acids is 1. The van der Waals surface area contributed by atoms with Crippen LogP contribution in [0.1, 0.15) is 42.3 Å². The van der Waals surface area contributed by atoms with Crippen LogP contribution < -0.4 is 0 Å². The molecule has 108 valence electrons. The Labute approximate surface area is 125 Å². The fourth-order valence-electron chi connectivity index (χ4n) is 1.91. The highest BCUT2D eigenvalue weighted by Crippen LogP contribution is 2.22. The third kappa shape index (κ3) is 4.02. The van der Waals surface area contributed by atoms with Gasteiger partial charge in [-0.1, -0.05) is 45.0 Å². The highest BCUT2D eigenvalue weighted by molar-refractivity contribution is 5.88. The zero-order valence-corrected chi connectivity index (χ0v) is 12.5. The second-order valence-electron chi connectivity index (χ2n) is 5.98. The Balaban J connectivity index is 2.12. The minimum absolute atomic E-state index is 0.141. The molecule has 2 aromatic rings. The summed E-state index contributed by atoms with van der Waals surface area (Å²) in [5.74, 6) is -0.928. The zero-order chi connectivity index (χ0) is 15.5. The van der Waals surface area contributed by atoms with Crippen LogP contribution in [0.2, 0.25) is 0 Å². The Bertz CT molecular complexity index is 647. The van der Waals surface area contributed by atoms with Crippen molar-refractivity contribution in [2.75, 3.05) is 0 Å². The Morgan fingerprint density at radius 1 is 1.00 bits per heavy atom. The fourth-order valence-corrected chi connectivity index (χ4v) is 1.91. The molecule has 0 aliphatic heterocycles. The minimum atomic E-state index is -0.928. The van der Waals surface area contributed by atoms with E-state index < -0.39 is 5.97 Å². The topological polar surface area (TPSA) is 49.7 Å². The van der Waals surface area contributed by atoms with E-state index in [-0.39, 0.29) is 11.0 Å². The van der Waals surface area contributed by atoms with Gasteiger partial charge >= 0.3 is 5.97 Å². The van der Waals surface area contributed by atoms with E-state index in [9.17, 15) is 4.79 Å². The molecule has 3 nitrogen and oxygen atoms in total. The molecule has 0 saturated carbocycles. The van der Waals surface area contributed by atoms with E-state index in [1.807, 2.05) is 12.1 Å². The predicted molar refractivity (Wildman–Crippen MR) is 85.8 cm³/mol. The number of nitrogens with zero attached hydrogens (tertiary/aromatic N) is 1. The van der Waals surface area contributed by atoms with Crippen LogP contribution in [-0.4, -0.2) is 17.3 Å². The standard InChI is InChI=1S/C18H19NO2/c1-18(2,3)15-8-4-13(5-9-15)12-19-16-10-6-14(7-11-16)17(20)21/h4-12H,1-3H3,(H,20,21). The number of carbonyl (C=O) groups is 1. The van der Waals surface area contributed by atoms with E-state index in [1.165, 1.54) is 5.56 Å². The number of hydrogen-bond donors (Lipinski definition) is 1. The molecule has 0 saturated heterocycles. The van der Waals surface area contributed by atoms with Crippen LogP contribution in [0.25, 0.3) is 0 Å². The molecule has 0 fully saturated rings. The average molecular weight is 281 g/mol. The minimum Gasteiger partial charge on any atom is -0.478 e. The van der Waals surface area contributed by atoms with Crippen molar-refractivity contribution in [3.05, 3.63) is 65.2 Å². The highest BCUT2D eigenvalue weighted by atomic mass is 16.4. The molecule has 0 amide bonds. The lowest BCUT2D eigenvalue weighted by molar-refractivity contribution is 0.0697. The summed E-state index contributed by atoms with van der Waals surface area (Å²) in [5, 5.41) is 8.84. The van der Waals surface area contributed by atoms with E-state index in [0.717, 1.165) is 11.3 Å². The van der Waals surface area contributed by atoms with Gasteiger partial charge in [0.25, 0.3) is 0 Å². The molecule has 1 N–H and O–H groups in total. The number of aliphatic imine (C=N–C) groups is 1. The van der Waals surface area contributed by atoms with Gasteiger partial charge in [0.05, 0.1) is 11.3 Å². The maximum Gasteiger partial charge on any atom is 0.335 e. The number of hydrogen-bond acceptors (Lipinski definition) is 2. The summed E-state index contributed by atoms with van der Waals surface area (Å²) >= 11 is 0. The number of aromatic carboxylic acids is 1. The van der Waals surface area contributed by atoms with Crippen molar-refractivity contribution in [2.45, 2.75) is 26.2 Å². The second-order valence-corrected chi connectivity index (χ2v) is 5.98. The first kappa shape index (κ1) is 15.0. The molecular formula is C18H19NO2. The normalized spacial score (nSPS) is 11.8. The van der Waals surface area contributed by atoms with Gasteiger partial charge in [-0.05, 0) is 40.8 Å². The quantitative estimate of drug-likeness (QED) is 0.846. The molecule has 0 bridgehead atoms. The molecule has 0 aliphatic carbocycles. The van der Waals surface area contributed by atoms with Gasteiger partial charge in [0.15, 0.2) is 0 Å². The molecule has 21 heavy (non-hydrogen) atoms. The molecule has 2 rings (SSSR count). The monoisotopic (exact) mass is 281 g/mol. The summed E-state index contributed by atoms with van der Waals surface area (Å²) in [6, 6.07) is 14.8. The van der Waals surface area contributed by atoms with Crippen LogP contribution in [0.15, 0.2) is 53.5 Å². The van der Waals surface area contributed by atoms with Gasteiger partial charge in [-0.15, -0.1) is 0 Å². The lowest BCUT2D eigenvalue weighted by atomic mass is 9.87. The molecule has 3 heteroatoms. The van der Waals surface area contributed by atoms with Gasteiger partial charge < -0.3 is 5.11 Å². The maximum atomic E-state index is 10.8. The van der Waals surface area contributed by atoms with Crippen LogP contribution in [0.5, 0.6) is 0 Å². The molecule has 0 atom stereocenters. The molecule has 0 spiro atoms. The first-order valence-corrected chi connectivity index (χ1v) is 6.84. The van der Waals surface area contributed by atoms with Crippen molar-refractivity contribution >= 4 is 17.9 Å². The molecule has 0 aromatic heterocycles. The summed E-state index contributed by atoms with van der Waals surface area (Å²) in [4.78, 5) is 15.1. The van der Waals surface area contributed by atoms with E-state index >= 15 is 0 Å². The largest absolute Gasteiger partial charge is 0.478 e. The summed E-state index contributed by atoms with van der Waals surface area (Å²) in [6.45, 7) is 6.54. The highest BCUT2D eigenvalue weighted by Gasteiger charge is 2.12. The van der Waals surface area contributed by atoms with Gasteiger partial charge in [0, 0.05) is 6.21 Å². The van der Waals surface area contributed by atoms with E-state index in [4.69, 9.17) is 5.11 Å². The third-order valence-electron chi connectivity index (χ3n) is 3.25. The summed E-state index contributed by atoms with van der Waals surface area (Å²) < 4.78 is 0.